The standard InChI is InChI=1S/C10H12N4O/c1-2-12-9-4-3-8(11)10-7(9)5-6-14(15)13-10/h3-6,12H,2,11H2,1H3. The van der Waals surface area contributed by atoms with Gasteiger partial charge in [0.1, 0.15) is 0 Å². The Balaban J connectivity index is 2.71. The van der Waals surface area contributed by atoms with Crippen LogP contribution in [0.25, 0.3) is 10.9 Å². The molecule has 0 unspecified atom stereocenters. The fraction of sp³-hybridized carbons (Fsp3) is 0.200. The smallest absolute Gasteiger partial charge is 0.210 e. The number of hydrogen-bond donors (Lipinski definition) is 2. The molecule has 0 aliphatic heterocycles. The summed E-state index contributed by atoms with van der Waals surface area (Å²) in [6, 6.07) is 5.34. The Hall–Kier alpha value is -2.04. The van der Waals surface area contributed by atoms with Gasteiger partial charge in [-0.15, -0.1) is 0 Å². The summed E-state index contributed by atoms with van der Waals surface area (Å²) in [7, 11) is 0. The summed E-state index contributed by atoms with van der Waals surface area (Å²) in [5, 5.41) is 18.9. The van der Waals surface area contributed by atoms with Crippen molar-refractivity contribution < 1.29 is 4.85 Å². The van der Waals surface area contributed by atoms with Gasteiger partial charge in [0.15, 0.2) is 5.52 Å². The van der Waals surface area contributed by atoms with Gasteiger partial charge in [0.2, 0.25) is 6.20 Å². The molecule has 0 spiro atoms. The van der Waals surface area contributed by atoms with E-state index < -0.39 is 0 Å². The highest BCUT2D eigenvalue weighted by molar-refractivity contribution is 5.97. The predicted molar refractivity (Wildman–Crippen MR) is 59.3 cm³/mol. The number of fused-ring (bicyclic) bond motifs is 1. The molecule has 5 nitrogen and oxygen atoms in total. The highest BCUT2D eigenvalue weighted by Crippen LogP contribution is 2.25. The molecule has 0 saturated carbocycles. The van der Waals surface area contributed by atoms with Crippen molar-refractivity contribution in [1.29, 1.82) is 0 Å². The summed E-state index contributed by atoms with van der Waals surface area (Å²) in [5.41, 5.74) is 7.73. The van der Waals surface area contributed by atoms with Crippen LogP contribution in [0.15, 0.2) is 24.4 Å². The van der Waals surface area contributed by atoms with E-state index in [1.165, 1.54) is 6.20 Å². The van der Waals surface area contributed by atoms with Crippen LogP contribution in [-0.4, -0.2) is 11.6 Å². The molecule has 0 radical (unpaired) electrons. The Kier molecular flexibility index (Phi) is 2.29. The van der Waals surface area contributed by atoms with Crippen LogP contribution in [-0.2, 0) is 0 Å². The minimum Gasteiger partial charge on any atom is -0.594 e. The van der Waals surface area contributed by atoms with Crippen LogP contribution < -0.4 is 15.9 Å². The predicted octanol–water partition coefficient (Wildman–Crippen LogP) is 0.882. The second-order valence-electron chi connectivity index (χ2n) is 3.21. The second-order valence-corrected chi connectivity index (χ2v) is 3.21. The van der Waals surface area contributed by atoms with Gasteiger partial charge >= 0.3 is 0 Å². The topological polar surface area (TPSA) is 77.9 Å². The molecular formula is C10H12N4O. The SMILES string of the molecule is CCNc1ccc(N)c2n[n+]([O-])ccc12. The molecule has 15 heavy (non-hydrogen) atoms. The van der Waals surface area contributed by atoms with Gasteiger partial charge < -0.3 is 16.3 Å². The van der Waals surface area contributed by atoms with E-state index in [1.807, 2.05) is 13.0 Å². The van der Waals surface area contributed by atoms with E-state index in [9.17, 15) is 5.21 Å². The molecule has 5 heteroatoms. The molecule has 0 aliphatic rings. The largest absolute Gasteiger partial charge is 0.594 e. The van der Waals surface area contributed by atoms with Gasteiger partial charge in [0.25, 0.3) is 0 Å². The molecule has 0 amide bonds. The van der Waals surface area contributed by atoms with Crippen LogP contribution in [0.5, 0.6) is 0 Å². The number of hydrogen-bond acceptors (Lipinski definition) is 4. The van der Waals surface area contributed by atoms with Crippen LogP contribution in [0.1, 0.15) is 6.92 Å². The molecular weight excluding hydrogens is 192 g/mol. The zero-order valence-electron chi connectivity index (χ0n) is 8.40. The van der Waals surface area contributed by atoms with Crippen LogP contribution in [0.3, 0.4) is 0 Å². The molecule has 0 aliphatic carbocycles. The zero-order chi connectivity index (χ0) is 10.8. The molecule has 0 saturated heterocycles. The average molecular weight is 204 g/mol. The van der Waals surface area contributed by atoms with E-state index in [2.05, 4.69) is 10.4 Å². The van der Waals surface area contributed by atoms with Crippen molar-refractivity contribution in [2.45, 2.75) is 6.92 Å². The van der Waals surface area contributed by atoms with Crippen molar-refractivity contribution in [3.8, 4) is 0 Å². The van der Waals surface area contributed by atoms with Crippen molar-refractivity contribution in [2.24, 2.45) is 0 Å². The lowest BCUT2D eigenvalue weighted by atomic mass is 10.1. The molecule has 1 heterocycles. The summed E-state index contributed by atoms with van der Waals surface area (Å²) in [5.74, 6) is 0. The van der Waals surface area contributed by atoms with Gasteiger partial charge in [-0.3, -0.25) is 0 Å². The van der Waals surface area contributed by atoms with Gasteiger partial charge in [-0.2, -0.15) is 0 Å². The quantitative estimate of drug-likeness (QED) is 0.432. The Morgan fingerprint density at radius 3 is 3.00 bits per heavy atom. The van der Waals surface area contributed by atoms with Crippen molar-refractivity contribution in [2.75, 3.05) is 17.6 Å². The van der Waals surface area contributed by atoms with Crippen molar-refractivity contribution in [3.63, 3.8) is 0 Å². The highest BCUT2D eigenvalue weighted by atomic mass is 16.5. The molecule has 3 N–H and O–H groups in total. The number of rotatable bonds is 2. The van der Waals surface area contributed by atoms with E-state index in [4.69, 9.17) is 5.73 Å². The molecule has 0 fully saturated rings. The number of anilines is 2. The van der Waals surface area contributed by atoms with Crippen molar-refractivity contribution >= 4 is 22.3 Å². The van der Waals surface area contributed by atoms with E-state index in [0.717, 1.165) is 17.6 Å². The lowest BCUT2D eigenvalue weighted by molar-refractivity contribution is -0.666. The summed E-state index contributed by atoms with van der Waals surface area (Å²) >= 11 is 0. The number of nitrogens with one attached hydrogen (secondary N) is 1. The number of nitrogens with zero attached hydrogens (tertiary/aromatic N) is 2. The van der Waals surface area contributed by atoms with Gasteiger partial charge in [-0.1, -0.05) is 4.85 Å². The molecule has 2 rings (SSSR count). The summed E-state index contributed by atoms with van der Waals surface area (Å²) in [4.78, 5) is 0.508. The van der Waals surface area contributed by atoms with Gasteiger partial charge in [0.05, 0.1) is 5.69 Å². The van der Waals surface area contributed by atoms with Crippen molar-refractivity contribution in [1.82, 2.24) is 5.10 Å². The van der Waals surface area contributed by atoms with E-state index >= 15 is 0 Å². The molecule has 1 aromatic heterocycles. The maximum atomic E-state index is 11.0. The lowest BCUT2D eigenvalue weighted by Gasteiger charge is -2.07. The minimum atomic E-state index is 0.508. The maximum absolute atomic E-state index is 11.0. The number of aromatic nitrogens is 2. The Labute approximate surface area is 87.1 Å². The highest BCUT2D eigenvalue weighted by Gasteiger charge is 2.07. The Morgan fingerprint density at radius 2 is 2.27 bits per heavy atom. The van der Waals surface area contributed by atoms with Gasteiger partial charge in [-0.05, 0) is 19.1 Å². The van der Waals surface area contributed by atoms with Gasteiger partial charge in [-0.25, -0.2) is 0 Å². The third kappa shape index (κ3) is 1.63. The van der Waals surface area contributed by atoms with E-state index in [0.29, 0.717) is 16.0 Å². The number of benzene rings is 1. The first kappa shape index (κ1) is 9.51. The first-order valence-electron chi connectivity index (χ1n) is 4.75. The number of nitrogen functional groups attached to an aromatic ring is 1. The first-order valence-corrected chi connectivity index (χ1v) is 4.75. The fourth-order valence-corrected chi connectivity index (χ4v) is 1.52. The normalized spacial score (nSPS) is 10.5. The van der Waals surface area contributed by atoms with Crippen molar-refractivity contribution in [3.05, 3.63) is 29.6 Å². The Morgan fingerprint density at radius 1 is 1.47 bits per heavy atom. The first-order chi connectivity index (χ1) is 7.22. The van der Waals surface area contributed by atoms with Crippen LogP contribution >= 0.6 is 0 Å². The third-order valence-electron chi connectivity index (χ3n) is 2.18. The summed E-state index contributed by atoms with van der Waals surface area (Å²) in [6.07, 6.45) is 1.36. The molecule has 1 aromatic carbocycles. The second kappa shape index (κ2) is 3.61. The lowest BCUT2D eigenvalue weighted by Crippen LogP contribution is -2.30. The van der Waals surface area contributed by atoms with Crippen LogP contribution in [0, 0.1) is 5.21 Å². The average Bonchev–Trinajstić information content (AvgIpc) is 2.23. The van der Waals surface area contributed by atoms with Gasteiger partial charge in [0, 0.05) is 28.8 Å². The van der Waals surface area contributed by atoms with Crippen LogP contribution in [0.2, 0.25) is 0 Å². The third-order valence-corrected chi connectivity index (χ3v) is 2.18. The summed E-state index contributed by atoms with van der Waals surface area (Å²) in [6.45, 7) is 2.82. The Bertz CT molecular complexity index is 498. The molecule has 2 aromatic rings. The van der Waals surface area contributed by atoms with E-state index in [1.54, 1.807) is 12.1 Å². The zero-order valence-corrected chi connectivity index (χ0v) is 8.40. The van der Waals surface area contributed by atoms with Crippen LogP contribution in [0.4, 0.5) is 11.4 Å². The monoisotopic (exact) mass is 204 g/mol. The van der Waals surface area contributed by atoms with E-state index in [-0.39, 0.29) is 0 Å². The fourth-order valence-electron chi connectivity index (χ4n) is 1.52. The molecule has 78 valence electrons. The minimum absolute atomic E-state index is 0.508. The molecule has 0 atom stereocenters. The summed E-state index contributed by atoms with van der Waals surface area (Å²) < 4.78 is 0. The number of nitrogens with two attached hydrogens (primary N) is 1. The maximum Gasteiger partial charge on any atom is 0.210 e. The molecule has 0 bridgehead atoms.